The topological polar surface area (TPSA) is 29.3 Å². The van der Waals surface area contributed by atoms with Gasteiger partial charge in [-0.25, -0.2) is 0 Å². The molecule has 1 saturated heterocycles. The maximum Gasteiger partial charge on any atom is 0.0233 e. The van der Waals surface area contributed by atoms with Crippen molar-refractivity contribution in [2.45, 2.75) is 32.9 Å². The SMILES string of the molecule is CCC1CCN(Cc2ccc(CN)cc2)C1. The van der Waals surface area contributed by atoms with Gasteiger partial charge in [0, 0.05) is 19.6 Å². The summed E-state index contributed by atoms with van der Waals surface area (Å²) in [6.45, 7) is 6.57. The van der Waals surface area contributed by atoms with E-state index in [1.165, 1.54) is 37.1 Å². The van der Waals surface area contributed by atoms with Crippen LogP contribution in [-0.2, 0) is 13.1 Å². The van der Waals surface area contributed by atoms with Crippen molar-refractivity contribution in [2.24, 2.45) is 11.7 Å². The molecule has 2 heteroatoms. The normalized spacial score (nSPS) is 21.5. The van der Waals surface area contributed by atoms with Crippen LogP contribution in [0, 0.1) is 5.92 Å². The third-order valence-corrected chi connectivity index (χ3v) is 3.61. The molecular weight excluding hydrogens is 196 g/mol. The van der Waals surface area contributed by atoms with E-state index in [4.69, 9.17) is 5.73 Å². The summed E-state index contributed by atoms with van der Waals surface area (Å²) >= 11 is 0. The van der Waals surface area contributed by atoms with E-state index in [0.29, 0.717) is 6.54 Å². The summed E-state index contributed by atoms with van der Waals surface area (Å²) < 4.78 is 0. The van der Waals surface area contributed by atoms with Crippen LogP contribution in [0.3, 0.4) is 0 Å². The molecule has 1 atom stereocenters. The summed E-state index contributed by atoms with van der Waals surface area (Å²) in [6.07, 6.45) is 2.69. The number of hydrogen-bond donors (Lipinski definition) is 1. The first-order valence-electron chi connectivity index (χ1n) is 6.32. The highest BCUT2D eigenvalue weighted by Gasteiger charge is 2.20. The average Bonchev–Trinajstić information content (AvgIpc) is 2.78. The van der Waals surface area contributed by atoms with Crippen LogP contribution in [0.15, 0.2) is 24.3 Å². The fourth-order valence-corrected chi connectivity index (χ4v) is 2.43. The maximum atomic E-state index is 5.59. The van der Waals surface area contributed by atoms with Gasteiger partial charge in [-0.3, -0.25) is 4.90 Å². The molecule has 16 heavy (non-hydrogen) atoms. The van der Waals surface area contributed by atoms with Crippen LogP contribution in [0.2, 0.25) is 0 Å². The Bertz CT molecular complexity index is 318. The lowest BCUT2D eigenvalue weighted by Gasteiger charge is -2.15. The molecule has 1 heterocycles. The predicted octanol–water partition coefficient (Wildman–Crippen LogP) is 2.38. The third kappa shape index (κ3) is 2.83. The van der Waals surface area contributed by atoms with Crippen molar-refractivity contribution in [2.75, 3.05) is 13.1 Å². The molecule has 0 spiro atoms. The summed E-state index contributed by atoms with van der Waals surface area (Å²) in [5.74, 6) is 0.920. The molecule has 0 saturated carbocycles. The quantitative estimate of drug-likeness (QED) is 0.840. The van der Waals surface area contributed by atoms with Crippen molar-refractivity contribution in [3.8, 4) is 0 Å². The first kappa shape index (κ1) is 11.6. The Morgan fingerprint density at radius 2 is 1.94 bits per heavy atom. The molecule has 88 valence electrons. The molecule has 2 rings (SSSR count). The van der Waals surface area contributed by atoms with Crippen LogP contribution in [0.1, 0.15) is 30.9 Å². The molecular formula is C14H22N2. The molecule has 1 aliphatic heterocycles. The fraction of sp³-hybridized carbons (Fsp3) is 0.571. The molecule has 1 aromatic carbocycles. The molecule has 2 nitrogen and oxygen atoms in total. The van der Waals surface area contributed by atoms with Gasteiger partial charge in [-0.05, 0) is 30.0 Å². The highest BCUT2D eigenvalue weighted by atomic mass is 15.1. The number of likely N-dealkylation sites (tertiary alicyclic amines) is 1. The second-order valence-corrected chi connectivity index (χ2v) is 4.82. The number of benzene rings is 1. The average molecular weight is 218 g/mol. The molecule has 2 N–H and O–H groups in total. The Morgan fingerprint density at radius 3 is 2.50 bits per heavy atom. The highest BCUT2D eigenvalue weighted by molar-refractivity contribution is 5.22. The van der Waals surface area contributed by atoms with Gasteiger partial charge in [0.25, 0.3) is 0 Å². The predicted molar refractivity (Wildman–Crippen MR) is 68.0 cm³/mol. The molecule has 1 aromatic rings. The lowest BCUT2D eigenvalue weighted by Crippen LogP contribution is -2.19. The Hall–Kier alpha value is -0.860. The number of nitrogens with two attached hydrogens (primary N) is 1. The van der Waals surface area contributed by atoms with Gasteiger partial charge in [0.05, 0.1) is 0 Å². The van der Waals surface area contributed by atoms with Crippen molar-refractivity contribution in [1.29, 1.82) is 0 Å². The van der Waals surface area contributed by atoms with Crippen LogP contribution in [0.25, 0.3) is 0 Å². The minimum atomic E-state index is 0.641. The van der Waals surface area contributed by atoms with Gasteiger partial charge in [0.1, 0.15) is 0 Å². The largest absolute Gasteiger partial charge is 0.326 e. The van der Waals surface area contributed by atoms with Crippen molar-refractivity contribution >= 4 is 0 Å². The number of rotatable bonds is 4. The Morgan fingerprint density at radius 1 is 1.25 bits per heavy atom. The summed E-state index contributed by atoms with van der Waals surface area (Å²) in [5.41, 5.74) is 8.22. The lowest BCUT2D eigenvalue weighted by atomic mass is 10.1. The minimum absolute atomic E-state index is 0.641. The number of hydrogen-bond acceptors (Lipinski definition) is 2. The van der Waals surface area contributed by atoms with Gasteiger partial charge in [-0.1, -0.05) is 37.6 Å². The Kier molecular flexibility index (Phi) is 3.97. The highest BCUT2D eigenvalue weighted by Crippen LogP contribution is 2.20. The van der Waals surface area contributed by atoms with Crippen molar-refractivity contribution in [3.63, 3.8) is 0 Å². The van der Waals surface area contributed by atoms with E-state index in [1.54, 1.807) is 0 Å². The molecule has 1 aliphatic rings. The summed E-state index contributed by atoms with van der Waals surface area (Å²) in [4.78, 5) is 2.56. The fourth-order valence-electron chi connectivity index (χ4n) is 2.43. The zero-order valence-electron chi connectivity index (χ0n) is 10.2. The van der Waals surface area contributed by atoms with Crippen LogP contribution >= 0.6 is 0 Å². The zero-order chi connectivity index (χ0) is 11.4. The smallest absolute Gasteiger partial charge is 0.0233 e. The van der Waals surface area contributed by atoms with E-state index < -0.39 is 0 Å². The first-order chi connectivity index (χ1) is 7.81. The molecule has 0 radical (unpaired) electrons. The maximum absolute atomic E-state index is 5.59. The van der Waals surface area contributed by atoms with Gasteiger partial charge in [0.15, 0.2) is 0 Å². The van der Waals surface area contributed by atoms with Crippen LogP contribution < -0.4 is 5.73 Å². The second kappa shape index (κ2) is 5.46. The van der Waals surface area contributed by atoms with E-state index >= 15 is 0 Å². The van der Waals surface area contributed by atoms with Gasteiger partial charge in [-0.2, -0.15) is 0 Å². The van der Waals surface area contributed by atoms with E-state index in [0.717, 1.165) is 12.5 Å². The molecule has 0 bridgehead atoms. The van der Waals surface area contributed by atoms with E-state index in [-0.39, 0.29) is 0 Å². The van der Waals surface area contributed by atoms with Crippen molar-refractivity contribution in [1.82, 2.24) is 4.90 Å². The Balaban J connectivity index is 1.89. The summed E-state index contributed by atoms with van der Waals surface area (Å²) in [5, 5.41) is 0. The third-order valence-electron chi connectivity index (χ3n) is 3.61. The van der Waals surface area contributed by atoms with Crippen LogP contribution in [-0.4, -0.2) is 18.0 Å². The Labute approximate surface area is 98.4 Å². The second-order valence-electron chi connectivity index (χ2n) is 4.82. The van der Waals surface area contributed by atoms with Crippen molar-refractivity contribution < 1.29 is 0 Å². The molecule has 1 fully saturated rings. The molecule has 0 aliphatic carbocycles. The van der Waals surface area contributed by atoms with Gasteiger partial charge >= 0.3 is 0 Å². The monoisotopic (exact) mass is 218 g/mol. The minimum Gasteiger partial charge on any atom is -0.326 e. The van der Waals surface area contributed by atoms with Crippen molar-refractivity contribution in [3.05, 3.63) is 35.4 Å². The van der Waals surface area contributed by atoms with E-state index in [2.05, 4.69) is 36.1 Å². The first-order valence-corrected chi connectivity index (χ1v) is 6.32. The van der Waals surface area contributed by atoms with Gasteiger partial charge < -0.3 is 5.73 Å². The summed E-state index contributed by atoms with van der Waals surface area (Å²) in [7, 11) is 0. The summed E-state index contributed by atoms with van der Waals surface area (Å²) in [6, 6.07) is 8.70. The van der Waals surface area contributed by atoms with Crippen LogP contribution in [0.4, 0.5) is 0 Å². The standard InChI is InChI=1S/C14H22N2/c1-2-12-7-8-16(10-12)11-14-5-3-13(9-15)4-6-14/h3-6,12H,2,7-11,15H2,1H3. The zero-order valence-corrected chi connectivity index (χ0v) is 10.2. The number of nitrogens with zero attached hydrogens (tertiary/aromatic N) is 1. The van der Waals surface area contributed by atoms with Crippen LogP contribution in [0.5, 0.6) is 0 Å². The molecule has 1 unspecified atom stereocenters. The van der Waals surface area contributed by atoms with Gasteiger partial charge in [-0.15, -0.1) is 0 Å². The van der Waals surface area contributed by atoms with E-state index in [9.17, 15) is 0 Å². The molecule has 0 aromatic heterocycles. The molecule has 0 amide bonds. The van der Waals surface area contributed by atoms with E-state index in [1.807, 2.05) is 0 Å². The lowest BCUT2D eigenvalue weighted by molar-refractivity contribution is 0.315. The van der Waals surface area contributed by atoms with Gasteiger partial charge in [0.2, 0.25) is 0 Å².